The van der Waals surface area contributed by atoms with Crippen LogP contribution in [-0.4, -0.2) is 58.4 Å². The molecule has 6 nitrogen and oxygen atoms in total. The molecule has 1 aromatic carbocycles. The van der Waals surface area contributed by atoms with Gasteiger partial charge < -0.3 is 14.9 Å². The van der Waals surface area contributed by atoms with Crippen LogP contribution in [0, 0.1) is 23.7 Å². The SMILES string of the molecule is COc1ccc2nccc(C(O)CC[C@@H]3CCN(CC#Cc4cncs4)C[C@@H]3CO)c2c1. The Hall–Kier alpha value is -2.50. The summed E-state index contributed by atoms with van der Waals surface area (Å²) in [5, 5.41) is 21.9. The van der Waals surface area contributed by atoms with Crippen LogP contribution < -0.4 is 4.74 Å². The Balaban J connectivity index is 1.35. The lowest BCUT2D eigenvalue weighted by Gasteiger charge is -2.37. The number of hydrogen-bond donors (Lipinski definition) is 2. The molecule has 168 valence electrons. The maximum atomic E-state index is 11.0. The molecule has 0 radical (unpaired) electrons. The molecule has 2 N–H and O–H groups in total. The Morgan fingerprint density at radius 1 is 1.31 bits per heavy atom. The van der Waals surface area contributed by atoms with Crippen molar-refractivity contribution in [3.05, 3.63) is 52.6 Å². The number of aromatic nitrogens is 2. The van der Waals surface area contributed by atoms with Crippen LogP contribution in [0.3, 0.4) is 0 Å². The number of nitrogens with zero attached hydrogens (tertiary/aromatic N) is 3. The predicted octanol–water partition coefficient (Wildman–Crippen LogP) is 3.50. The van der Waals surface area contributed by atoms with Gasteiger partial charge in [-0.25, -0.2) is 0 Å². The van der Waals surface area contributed by atoms with Crippen molar-refractivity contribution in [2.75, 3.05) is 33.4 Å². The number of ether oxygens (including phenoxy) is 1. The van der Waals surface area contributed by atoms with E-state index < -0.39 is 6.10 Å². The van der Waals surface area contributed by atoms with E-state index in [0.717, 1.165) is 53.0 Å². The van der Waals surface area contributed by atoms with Crippen molar-refractivity contribution in [2.45, 2.75) is 25.4 Å². The first kappa shape index (κ1) is 22.7. The van der Waals surface area contributed by atoms with E-state index in [0.29, 0.717) is 18.9 Å². The monoisotopic (exact) mass is 451 g/mol. The molecule has 0 aliphatic carbocycles. The third-order valence-corrected chi connectivity index (χ3v) is 7.00. The number of aliphatic hydroxyl groups excluding tert-OH is 2. The molecule has 3 atom stereocenters. The number of hydrogen-bond acceptors (Lipinski definition) is 7. The number of benzene rings is 1. The highest BCUT2D eigenvalue weighted by Crippen LogP contribution is 2.33. The van der Waals surface area contributed by atoms with Crippen LogP contribution in [0.1, 0.15) is 35.8 Å². The fraction of sp³-hybridized carbons (Fsp3) is 0.440. The summed E-state index contributed by atoms with van der Waals surface area (Å²) >= 11 is 1.55. The molecule has 1 aliphatic rings. The van der Waals surface area contributed by atoms with Crippen molar-refractivity contribution in [1.29, 1.82) is 0 Å². The van der Waals surface area contributed by atoms with E-state index in [1.807, 2.05) is 24.3 Å². The van der Waals surface area contributed by atoms with Gasteiger partial charge in [0, 0.05) is 24.7 Å². The van der Waals surface area contributed by atoms with Gasteiger partial charge in [-0.15, -0.1) is 11.3 Å². The van der Waals surface area contributed by atoms with E-state index in [9.17, 15) is 10.2 Å². The Labute approximate surface area is 192 Å². The molecule has 32 heavy (non-hydrogen) atoms. The first-order valence-electron chi connectivity index (χ1n) is 11.0. The molecule has 0 spiro atoms. The van der Waals surface area contributed by atoms with Crippen LogP contribution in [0.2, 0.25) is 0 Å². The van der Waals surface area contributed by atoms with Gasteiger partial charge in [-0.2, -0.15) is 0 Å². The summed E-state index contributed by atoms with van der Waals surface area (Å²) in [6, 6.07) is 7.62. The lowest BCUT2D eigenvalue weighted by molar-refractivity contribution is 0.0640. The molecule has 1 aliphatic heterocycles. The number of methoxy groups -OCH3 is 1. The molecule has 3 aromatic rings. The number of piperidine rings is 1. The van der Waals surface area contributed by atoms with Crippen LogP contribution >= 0.6 is 11.3 Å². The molecule has 1 saturated heterocycles. The minimum Gasteiger partial charge on any atom is -0.497 e. The molecule has 0 saturated carbocycles. The largest absolute Gasteiger partial charge is 0.497 e. The van der Waals surface area contributed by atoms with Gasteiger partial charge in [0.2, 0.25) is 0 Å². The van der Waals surface area contributed by atoms with E-state index in [2.05, 4.69) is 26.7 Å². The van der Waals surface area contributed by atoms with Gasteiger partial charge >= 0.3 is 0 Å². The van der Waals surface area contributed by atoms with E-state index in [-0.39, 0.29) is 12.5 Å². The zero-order valence-electron chi connectivity index (χ0n) is 18.3. The van der Waals surface area contributed by atoms with Crippen LogP contribution in [0.15, 0.2) is 42.2 Å². The van der Waals surface area contributed by atoms with Crippen LogP contribution in [0.4, 0.5) is 0 Å². The molecule has 0 amide bonds. The summed E-state index contributed by atoms with van der Waals surface area (Å²) in [5.41, 5.74) is 3.52. The second-order valence-corrected chi connectivity index (χ2v) is 9.16. The molecule has 7 heteroatoms. The number of pyridine rings is 1. The third-order valence-electron chi connectivity index (χ3n) is 6.31. The van der Waals surface area contributed by atoms with Crippen molar-refractivity contribution >= 4 is 22.2 Å². The first-order chi connectivity index (χ1) is 15.7. The summed E-state index contributed by atoms with van der Waals surface area (Å²) in [7, 11) is 1.64. The molecular weight excluding hydrogens is 422 g/mol. The summed E-state index contributed by atoms with van der Waals surface area (Å²) < 4.78 is 5.35. The molecule has 4 rings (SSSR count). The van der Waals surface area contributed by atoms with Crippen molar-refractivity contribution < 1.29 is 14.9 Å². The van der Waals surface area contributed by atoms with Gasteiger partial charge in [-0.1, -0.05) is 11.8 Å². The topological polar surface area (TPSA) is 78.7 Å². The third kappa shape index (κ3) is 5.45. The number of fused-ring (bicyclic) bond motifs is 1. The van der Waals surface area contributed by atoms with Crippen molar-refractivity contribution in [3.8, 4) is 17.6 Å². The number of thiazole rings is 1. The van der Waals surface area contributed by atoms with E-state index in [1.54, 1.807) is 36.4 Å². The molecule has 1 unspecified atom stereocenters. The summed E-state index contributed by atoms with van der Waals surface area (Å²) in [4.78, 5) is 11.7. The quantitative estimate of drug-likeness (QED) is 0.536. The lowest BCUT2D eigenvalue weighted by atomic mass is 9.81. The van der Waals surface area contributed by atoms with Gasteiger partial charge in [0.1, 0.15) is 5.75 Å². The van der Waals surface area contributed by atoms with E-state index in [1.165, 1.54) is 0 Å². The zero-order valence-corrected chi connectivity index (χ0v) is 19.1. The molecule has 3 heterocycles. The number of rotatable bonds is 7. The normalized spacial score (nSPS) is 20.0. The summed E-state index contributed by atoms with van der Waals surface area (Å²) in [6.45, 7) is 2.66. The fourth-order valence-corrected chi connectivity index (χ4v) is 4.98. The van der Waals surface area contributed by atoms with E-state index >= 15 is 0 Å². The van der Waals surface area contributed by atoms with Gasteiger partial charge in [0.05, 0.1) is 41.9 Å². The minimum atomic E-state index is -0.574. The number of likely N-dealkylation sites (tertiary alicyclic amines) is 1. The van der Waals surface area contributed by atoms with Gasteiger partial charge in [-0.05, 0) is 67.5 Å². The van der Waals surface area contributed by atoms with E-state index in [4.69, 9.17) is 4.74 Å². The van der Waals surface area contributed by atoms with Crippen LogP contribution in [0.5, 0.6) is 5.75 Å². The molecule has 0 bridgehead atoms. The summed E-state index contributed by atoms with van der Waals surface area (Å²) in [5.74, 6) is 7.73. The predicted molar refractivity (Wildman–Crippen MR) is 127 cm³/mol. The van der Waals surface area contributed by atoms with Gasteiger partial charge in [0.25, 0.3) is 0 Å². The fourth-order valence-electron chi connectivity index (χ4n) is 4.49. The zero-order chi connectivity index (χ0) is 22.3. The number of aliphatic hydroxyl groups is 2. The Kier molecular flexibility index (Phi) is 7.72. The van der Waals surface area contributed by atoms with Crippen LogP contribution in [0.25, 0.3) is 10.9 Å². The second-order valence-electron chi connectivity index (χ2n) is 8.27. The smallest absolute Gasteiger partial charge is 0.119 e. The lowest BCUT2D eigenvalue weighted by Crippen LogP contribution is -2.42. The van der Waals surface area contributed by atoms with Crippen LogP contribution in [-0.2, 0) is 0 Å². The molecule has 2 aromatic heterocycles. The van der Waals surface area contributed by atoms with Gasteiger partial charge in [-0.3, -0.25) is 14.9 Å². The Bertz CT molecular complexity index is 1080. The summed E-state index contributed by atoms with van der Waals surface area (Å²) in [6.07, 6.45) is 5.49. The highest BCUT2D eigenvalue weighted by atomic mass is 32.1. The van der Waals surface area contributed by atoms with Crippen molar-refractivity contribution in [3.63, 3.8) is 0 Å². The average molecular weight is 452 g/mol. The highest BCUT2D eigenvalue weighted by Gasteiger charge is 2.29. The molecule has 1 fully saturated rings. The highest BCUT2D eigenvalue weighted by molar-refractivity contribution is 7.10. The Morgan fingerprint density at radius 2 is 2.22 bits per heavy atom. The average Bonchev–Trinajstić information content (AvgIpc) is 3.35. The second kappa shape index (κ2) is 10.9. The maximum Gasteiger partial charge on any atom is 0.119 e. The molecular formula is C25H29N3O3S. The van der Waals surface area contributed by atoms with Crippen molar-refractivity contribution in [1.82, 2.24) is 14.9 Å². The minimum absolute atomic E-state index is 0.162. The Morgan fingerprint density at radius 3 is 3.00 bits per heavy atom. The van der Waals surface area contributed by atoms with Crippen molar-refractivity contribution in [2.24, 2.45) is 11.8 Å². The standard InChI is InChI=1S/C25H29N3O3S/c1-31-20-5-6-24-23(13-20)22(8-10-27-24)25(30)7-4-18-9-12-28(15-19(18)16-29)11-2-3-21-14-26-17-32-21/h5-6,8,10,13-14,17-19,25,29-30H,4,7,9,11-12,15-16H2,1H3/t18-,19-,25?/m1/s1. The first-order valence-corrected chi connectivity index (χ1v) is 11.9. The van der Waals surface area contributed by atoms with Gasteiger partial charge in [0.15, 0.2) is 0 Å². The maximum absolute atomic E-state index is 11.0.